The molecule has 20 heavy (non-hydrogen) atoms. The largest absolute Gasteiger partial charge is 0.368 e. The van der Waals surface area contributed by atoms with Crippen molar-refractivity contribution in [2.45, 2.75) is 38.1 Å². The maximum absolute atomic E-state index is 10.7. The molecule has 6 heteroatoms. The SMILES string of the molecule is Cc1cc([N+](=O)[O-])cnc1NCC1(N(C)C)CCCC1. The first-order valence-electron chi connectivity index (χ1n) is 6.97. The van der Waals surface area contributed by atoms with Crippen LogP contribution in [-0.4, -0.2) is 41.0 Å². The van der Waals surface area contributed by atoms with E-state index in [-0.39, 0.29) is 11.2 Å². The summed E-state index contributed by atoms with van der Waals surface area (Å²) in [5.74, 6) is 0.740. The summed E-state index contributed by atoms with van der Waals surface area (Å²) in [5.41, 5.74) is 1.03. The monoisotopic (exact) mass is 278 g/mol. The molecule has 0 spiro atoms. The Hall–Kier alpha value is -1.69. The van der Waals surface area contributed by atoms with E-state index in [2.05, 4.69) is 29.3 Å². The standard InChI is InChI=1S/C14H22N4O2/c1-11-8-12(18(19)20)9-15-13(11)16-10-14(17(2)3)6-4-5-7-14/h8-9H,4-7,10H2,1-3H3,(H,15,16). The predicted molar refractivity (Wildman–Crippen MR) is 79.0 cm³/mol. The van der Waals surface area contributed by atoms with Crippen LogP contribution in [0.4, 0.5) is 11.5 Å². The van der Waals surface area contributed by atoms with Gasteiger partial charge in [0.25, 0.3) is 5.69 Å². The lowest BCUT2D eigenvalue weighted by molar-refractivity contribution is -0.385. The minimum absolute atomic E-state index is 0.0382. The van der Waals surface area contributed by atoms with Gasteiger partial charge in [-0.25, -0.2) is 4.98 Å². The van der Waals surface area contributed by atoms with Crippen molar-refractivity contribution in [2.24, 2.45) is 0 Å². The summed E-state index contributed by atoms with van der Waals surface area (Å²) in [4.78, 5) is 16.8. The third-order valence-electron chi connectivity index (χ3n) is 4.34. The molecule has 1 aliphatic rings. The summed E-state index contributed by atoms with van der Waals surface area (Å²) in [6.45, 7) is 2.67. The molecule has 0 bridgehead atoms. The molecular weight excluding hydrogens is 256 g/mol. The molecule has 1 N–H and O–H groups in total. The van der Waals surface area contributed by atoms with Gasteiger partial charge in [0.2, 0.25) is 0 Å². The zero-order chi connectivity index (χ0) is 14.8. The number of nitrogens with zero attached hydrogens (tertiary/aromatic N) is 3. The van der Waals surface area contributed by atoms with E-state index < -0.39 is 4.92 Å². The van der Waals surface area contributed by atoms with Gasteiger partial charge in [0.15, 0.2) is 0 Å². The molecule has 0 aromatic carbocycles. The van der Waals surface area contributed by atoms with E-state index in [0.717, 1.165) is 17.9 Å². The minimum Gasteiger partial charge on any atom is -0.368 e. The summed E-state index contributed by atoms with van der Waals surface area (Å²) >= 11 is 0. The number of hydrogen-bond donors (Lipinski definition) is 1. The third kappa shape index (κ3) is 2.90. The Morgan fingerprint density at radius 2 is 2.10 bits per heavy atom. The van der Waals surface area contributed by atoms with Crippen LogP contribution in [0.2, 0.25) is 0 Å². The molecule has 0 aliphatic heterocycles. The van der Waals surface area contributed by atoms with E-state index in [1.807, 2.05) is 6.92 Å². The highest BCUT2D eigenvalue weighted by molar-refractivity contribution is 5.48. The number of nitrogens with one attached hydrogen (secondary N) is 1. The fourth-order valence-corrected chi connectivity index (χ4v) is 2.91. The van der Waals surface area contributed by atoms with Gasteiger partial charge in [0.05, 0.1) is 4.92 Å². The second kappa shape index (κ2) is 5.75. The van der Waals surface area contributed by atoms with E-state index in [1.165, 1.54) is 31.9 Å². The van der Waals surface area contributed by atoms with Crippen molar-refractivity contribution >= 4 is 11.5 Å². The zero-order valence-corrected chi connectivity index (χ0v) is 12.3. The van der Waals surface area contributed by atoms with E-state index in [1.54, 1.807) is 6.07 Å². The first-order valence-corrected chi connectivity index (χ1v) is 6.97. The molecule has 1 fully saturated rings. The number of nitro groups is 1. The molecule has 0 unspecified atom stereocenters. The minimum atomic E-state index is -0.415. The van der Waals surface area contributed by atoms with Crippen LogP contribution in [0.25, 0.3) is 0 Å². The van der Waals surface area contributed by atoms with Crippen molar-refractivity contribution in [3.63, 3.8) is 0 Å². The fraction of sp³-hybridized carbons (Fsp3) is 0.643. The fourth-order valence-electron chi connectivity index (χ4n) is 2.91. The first kappa shape index (κ1) is 14.7. The Bertz CT molecular complexity index is 496. The van der Waals surface area contributed by atoms with E-state index >= 15 is 0 Å². The molecule has 0 saturated heterocycles. The topological polar surface area (TPSA) is 71.3 Å². The molecule has 0 atom stereocenters. The number of anilines is 1. The van der Waals surface area contributed by atoms with Gasteiger partial charge in [-0.1, -0.05) is 12.8 Å². The molecule has 110 valence electrons. The van der Waals surface area contributed by atoms with Gasteiger partial charge >= 0.3 is 0 Å². The lowest BCUT2D eigenvalue weighted by atomic mass is 9.96. The number of aromatic nitrogens is 1. The number of hydrogen-bond acceptors (Lipinski definition) is 5. The van der Waals surface area contributed by atoms with Crippen LogP contribution in [0.3, 0.4) is 0 Å². The Kier molecular flexibility index (Phi) is 4.23. The van der Waals surface area contributed by atoms with Crippen LogP contribution in [0.5, 0.6) is 0 Å². The quantitative estimate of drug-likeness (QED) is 0.662. The number of pyridine rings is 1. The molecule has 1 aromatic heterocycles. The normalized spacial score (nSPS) is 17.4. The lowest BCUT2D eigenvalue weighted by Crippen LogP contribution is -2.47. The smallest absolute Gasteiger partial charge is 0.287 e. The summed E-state index contributed by atoms with van der Waals surface area (Å²) in [6, 6.07) is 1.56. The summed E-state index contributed by atoms with van der Waals surface area (Å²) in [7, 11) is 4.23. The summed E-state index contributed by atoms with van der Waals surface area (Å²) in [6.07, 6.45) is 6.18. The second-order valence-corrected chi connectivity index (χ2v) is 5.80. The predicted octanol–water partition coefficient (Wildman–Crippen LogP) is 2.58. The molecule has 1 aliphatic carbocycles. The molecule has 1 aromatic rings. The first-order chi connectivity index (χ1) is 9.44. The van der Waals surface area contributed by atoms with Gasteiger partial charge in [-0.2, -0.15) is 0 Å². The van der Waals surface area contributed by atoms with Crippen molar-refractivity contribution in [3.05, 3.63) is 27.9 Å². The van der Waals surface area contributed by atoms with Crippen LogP contribution in [0.15, 0.2) is 12.3 Å². The highest BCUT2D eigenvalue weighted by Crippen LogP contribution is 2.34. The lowest BCUT2D eigenvalue weighted by Gasteiger charge is -2.36. The van der Waals surface area contributed by atoms with Gasteiger partial charge in [-0.05, 0) is 39.4 Å². The third-order valence-corrected chi connectivity index (χ3v) is 4.34. The molecule has 1 heterocycles. The van der Waals surface area contributed by atoms with Crippen LogP contribution >= 0.6 is 0 Å². The number of aryl methyl sites for hydroxylation is 1. The van der Waals surface area contributed by atoms with Crippen molar-refractivity contribution in [2.75, 3.05) is 26.0 Å². The number of likely N-dealkylation sites (N-methyl/N-ethyl adjacent to an activating group) is 1. The maximum atomic E-state index is 10.7. The average Bonchev–Trinajstić information content (AvgIpc) is 2.87. The molecular formula is C14H22N4O2. The van der Waals surface area contributed by atoms with Gasteiger partial charge < -0.3 is 10.2 Å². The average molecular weight is 278 g/mol. The van der Waals surface area contributed by atoms with Crippen molar-refractivity contribution in [3.8, 4) is 0 Å². The maximum Gasteiger partial charge on any atom is 0.287 e. The van der Waals surface area contributed by atoms with Crippen LogP contribution in [0.1, 0.15) is 31.2 Å². The van der Waals surface area contributed by atoms with Crippen LogP contribution < -0.4 is 5.32 Å². The Balaban J connectivity index is 2.09. The van der Waals surface area contributed by atoms with Crippen molar-refractivity contribution < 1.29 is 4.92 Å². The molecule has 2 rings (SSSR count). The van der Waals surface area contributed by atoms with Crippen LogP contribution in [0, 0.1) is 17.0 Å². The Morgan fingerprint density at radius 1 is 1.45 bits per heavy atom. The van der Waals surface area contributed by atoms with Crippen LogP contribution in [-0.2, 0) is 0 Å². The molecule has 0 radical (unpaired) electrons. The van der Waals surface area contributed by atoms with E-state index in [4.69, 9.17) is 0 Å². The number of rotatable bonds is 5. The van der Waals surface area contributed by atoms with Gasteiger partial charge in [0, 0.05) is 18.2 Å². The van der Waals surface area contributed by atoms with Gasteiger partial charge in [-0.15, -0.1) is 0 Å². The highest BCUT2D eigenvalue weighted by atomic mass is 16.6. The van der Waals surface area contributed by atoms with Crippen molar-refractivity contribution in [1.29, 1.82) is 0 Å². The van der Waals surface area contributed by atoms with E-state index in [9.17, 15) is 10.1 Å². The van der Waals surface area contributed by atoms with Gasteiger partial charge in [0.1, 0.15) is 12.0 Å². The molecule has 6 nitrogen and oxygen atoms in total. The summed E-state index contributed by atoms with van der Waals surface area (Å²) < 4.78 is 0. The summed E-state index contributed by atoms with van der Waals surface area (Å²) in [5, 5.41) is 14.1. The Labute approximate surface area is 119 Å². The zero-order valence-electron chi connectivity index (χ0n) is 12.3. The molecule has 0 amide bonds. The van der Waals surface area contributed by atoms with E-state index in [0.29, 0.717) is 0 Å². The Morgan fingerprint density at radius 3 is 2.60 bits per heavy atom. The van der Waals surface area contributed by atoms with Crippen molar-refractivity contribution in [1.82, 2.24) is 9.88 Å². The molecule has 1 saturated carbocycles. The van der Waals surface area contributed by atoms with Gasteiger partial charge in [-0.3, -0.25) is 10.1 Å². The second-order valence-electron chi connectivity index (χ2n) is 5.80. The highest BCUT2D eigenvalue weighted by Gasteiger charge is 2.35.